The Balaban J connectivity index is 1.67. The van der Waals surface area contributed by atoms with Crippen LogP contribution < -0.4 is 10.6 Å². The number of carboxylic acids is 1. The number of fused-ring (bicyclic) bond motifs is 3. The van der Waals surface area contributed by atoms with Crippen LogP contribution in [0.25, 0.3) is 11.1 Å². The van der Waals surface area contributed by atoms with E-state index in [1.165, 1.54) is 0 Å². The Morgan fingerprint density at radius 2 is 1.46 bits per heavy atom. The van der Waals surface area contributed by atoms with Crippen molar-refractivity contribution in [3.05, 3.63) is 59.7 Å². The molecule has 2 aromatic carbocycles. The third-order valence-corrected chi connectivity index (χ3v) is 6.09. The number of alkyl carbamates (subject to hydrolysis) is 1. The molecule has 3 N–H and O–H groups in total. The number of hydrogen-bond acceptors (Lipinski definition) is 4. The zero-order valence-corrected chi connectivity index (χ0v) is 21.1. The van der Waals surface area contributed by atoms with Gasteiger partial charge in [0.25, 0.3) is 0 Å². The summed E-state index contributed by atoms with van der Waals surface area (Å²) in [7, 11) is 0. The molecule has 0 spiro atoms. The van der Waals surface area contributed by atoms with Crippen LogP contribution in [0.5, 0.6) is 0 Å². The smallest absolute Gasteiger partial charge is 0.407 e. The monoisotopic (exact) mass is 480 g/mol. The molecule has 35 heavy (non-hydrogen) atoms. The molecule has 188 valence electrons. The van der Waals surface area contributed by atoms with Crippen molar-refractivity contribution in [2.75, 3.05) is 6.61 Å². The lowest BCUT2D eigenvalue weighted by molar-refractivity contribution is -0.143. The van der Waals surface area contributed by atoms with Gasteiger partial charge in [-0.25, -0.2) is 9.59 Å². The summed E-state index contributed by atoms with van der Waals surface area (Å²) >= 11 is 0. The van der Waals surface area contributed by atoms with Crippen molar-refractivity contribution in [2.24, 2.45) is 11.3 Å². The van der Waals surface area contributed by atoms with Crippen LogP contribution in [0.15, 0.2) is 48.5 Å². The molecule has 0 saturated carbocycles. The zero-order valence-electron chi connectivity index (χ0n) is 21.1. The molecule has 0 saturated heterocycles. The highest BCUT2D eigenvalue weighted by atomic mass is 16.5. The molecule has 0 aliphatic heterocycles. The van der Waals surface area contributed by atoms with Crippen molar-refractivity contribution in [2.45, 2.75) is 65.5 Å². The second-order valence-electron chi connectivity index (χ2n) is 10.8. The highest BCUT2D eigenvalue weighted by Gasteiger charge is 2.32. The molecule has 1 aliphatic carbocycles. The van der Waals surface area contributed by atoms with Crippen LogP contribution >= 0.6 is 0 Å². The number of rotatable bonds is 9. The maximum atomic E-state index is 13.0. The minimum Gasteiger partial charge on any atom is -0.480 e. The number of benzene rings is 2. The minimum absolute atomic E-state index is 0.0892. The van der Waals surface area contributed by atoms with E-state index in [1.54, 1.807) is 0 Å². The second kappa shape index (κ2) is 10.9. The summed E-state index contributed by atoms with van der Waals surface area (Å²) < 4.78 is 5.59. The fourth-order valence-electron chi connectivity index (χ4n) is 4.57. The van der Waals surface area contributed by atoms with E-state index in [0.29, 0.717) is 6.42 Å². The maximum Gasteiger partial charge on any atom is 0.407 e. The van der Waals surface area contributed by atoms with Crippen molar-refractivity contribution < 1.29 is 24.2 Å². The quantitative estimate of drug-likeness (QED) is 0.471. The molecule has 7 heteroatoms. The lowest BCUT2D eigenvalue weighted by atomic mass is 9.88. The number of hydrogen-bond donors (Lipinski definition) is 3. The molecular weight excluding hydrogens is 444 g/mol. The van der Waals surface area contributed by atoms with E-state index < -0.39 is 30.1 Å². The molecule has 0 aromatic heterocycles. The molecule has 0 fully saturated rings. The van der Waals surface area contributed by atoms with Gasteiger partial charge >= 0.3 is 12.1 Å². The summed E-state index contributed by atoms with van der Waals surface area (Å²) in [5.41, 5.74) is 4.18. The van der Waals surface area contributed by atoms with Crippen molar-refractivity contribution >= 4 is 18.0 Å². The molecule has 0 heterocycles. The molecule has 2 amide bonds. The van der Waals surface area contributed by atoms with E-state index in [0.717, 1.165) is 22.3 Å². The van der Waals surface area contributed by atoms with E-state index >= 15 is 0 Å². The molecule has 7 nitrogen and oxygen atoms in total. The molecule has 0 bridgehead atoms. The third-order valence-electron chi connectivity index (χ3n) is 6.09. The lowest BCUT2D eigenvalue weighted by Gasteiger charge is -2.26. The number of carbonyl (C=O) groups excluding carboxylic acids is 2. The molecule has 1 aliphatic rings. The first-order valence-electron chi connectivity index (χ1n) is 12.1. The number of carboxylic acid groups (broad SMARTS) is 1. The van der Waals surface area contributed by atoms with Gasteiger partial charge < -0.3 is 20.5 Å². The highest BCUT2D eigenvalue weighted by Crippen LogP contribution is 2.44. The molecule has 2 aromatic rings. The van der Waals surface area contributed by atoms with Crippen LogP contribution in [0.4, 0.5) is 4.79 Å². The Hall–Kier alpha value is -3.35. The van der Waals surface area contributed by atoms with Gasteiger partial charge in [-0.1, -0.05) is 83.1 Å². The summed E-state index contributed by atoms with van der Waals surface area (Å²) in [6.45, 7) is 9.74. The number of aliphatic carboxylic acids is 1. The van der Waals surface area contributed by atoms with Gasteiger partial charge in [0.05, 0.1) is 0 Å². The topological polar surface area (TPSA) is 105 Å². The van der Waals surface area contributed by atoms with Gasteiger partial charge in [0, 0.05) is 5.92 Å². The van der Waals surface area contributed by atoms with Gasteiger partial charge in [-0.2, -0.15) is 0 Å². The van der Waals surface area contributed by atoms with Gasteiger partial charge in [0.15, 0.2) is 0 Å². The average Bonchev–Trinajstić information content (AvgIpc) is 3.09. The van der Waals surface area contributed by atoms with Crippen LogP contribution in [0.1, 0.15) is 64.5 Å². The molecular formula is C28H36N2O5. The number of amides is 2. The predicted molar refractivity (Wildman–Crippen MR) is 135 cm³/mol. The van der Waals surface area contributed by atoms with Crippen LogP contribution in [0, 0.1) is 11.3 Å². The summed E-state index contributed by atoms with van der Waals surface area (Å²) in [4.78, 5) is 37.4. The SMILES string of the molecule is CC(C)C[C@@H](NC(=O)OCC1c2ccccc2-c2ccccc21)C(=O)NC(CC(C)(C)C)C(=O)O. The van der Waals surface area contributed by atoms with E-state index in [9.17, 15) is 19.5 Å². The molecule has 0 radical (unpaired) electrons. The van der Waals surface area contributed by atoms with Crippen LogP contribution in [0.3, 0.4) is 0 Å². The van der Waals surface area contributed by atoms with E-state index in [1.807, 2.05) is 71.0 Å². The van der Waals surface area contributed by atoms with Gasteiger partial charge in [-0.15, -0.1) is 0 Å². The summed E-state index contributed by atoms with van der Waals surface area (Å²) in [6.07, 6.45) is -0.0685. The first-order valence-corrected chi connectivity index (χ1v) is 12.1. The van der Waals surface area contributed by atoms with E-state index in [4.69, 9.17) is 4.74 Å². The summed E-state index contributed by atoms with van der Waals surface area (Å²) in [6, 6.07) is 14.2. The van der Waals surface area contributed by atoms with Crippen LogP contribution in [-0.4, -0.2) is 41.8 Å². The fraction of sp³-hybridized carbons (Fsp3) is 0.464. The average molecular weight is 481 g/mol. The highest BCUT2D eigenvalue weighted by molar-refractivity contribution is 5.89. The minimum atomic E-state index is -1.10. The molecule has 2 atom stereocenters. The van der Waals surface area contributed by atoms with Gasteiger partial charge in [-0.05, 0) is 46.4 Å². The Bertz CT molecular complexity index is 1030. The largest absolute Gasteiger partial charge is 0.480 e. The van der Waals surface area contributed by atoms with Gasteiger partial charge in [0.1, 0.15) is 18.7 Å². The van der Waals surface area contributed by atoms with Crippen molar-refractivity contribution in [3.8, 4) is 11.1 Å². The van der Waals surface area contributed by atoms with Crippen molar-refractivity contribution in [1.82, 2.24) is 10.6 Å². The van der Waals surface area contributed by atoms with E-state index in [2.05, 4.69) is 22.8 Å². The normalized spacial score (nSPS) is 14.6. The summed E-state index contributed by atoms with van der Waals surface area (Å²) in [5.74, 6) is -1.61. The van der Waals surface area contributed by atoms with E-state index in [-0.39, 0.29) is 30.3 Å². The third kappa shape index (κ3) is 6.84. The fourth-order valence-corrected chi connectivity index (χ4v) is 4.57. The second-order valence-corrected chi connectivity index (χ2v) is 10.8. The lowest BCUT2D eigenvalue weighted by Crippen LogP contribution is -2.53. The Morgan fingerprint density at radius 3 is 1.94 bits per heavy atom. The molecule has 1 unspecified atom stereocenters. The zero-order chi connectivity index (χ0) is 25.8. The first kappa shape index (κ1) is 26.3. The maximum absolute atomic E-state index is 13.0. The van der Waals surface area contributed by atoms with Crippen molar-refractivity contribution in [1.29, 1.82) is 0 Å². The number of nitrogens with one attached hydrogen (secondary N) is 2. The van der Waals surface area contributed by atoms with Crippen LogP contribution in [0.2, 0.25) is 0 Å². The van der Waals surface area contributed by atoms with Gasteiger partial charge in [-0.3, -0.25) is 4.79 Å². The van der Waals surface area contributed by atoms with Crippen LogP contribution in [-0.2, 0) is 14.3 Å². The standard InChI is InChI=1S/C28H36N2O5/c1-17(2)14-23(25(31)29-24(26(32)33)15-28(3,4)5)30-27(34)35-16-22-20-12-8-6-10-18(20)19-11-7-9-13-21(19)22/h6-13,17,22-24H,14-16H2,1-5H3,(H,29,31)(H,30,34)(H,32,33)/t23-,24?/m1/s1. The Labute approximate surface area is 207 Å². The first-order chi connectivity index (χ1) is 16.5. The summed E-state index contributed by atoms with van der Waals surface area (Å²) in [5, 5.41) is 14.8. The Morgan fingerprint density at radius 1 is 0.914 bits per heavy atom. The number of carbonyl (C=O) groups is 3. The van der Waals surface area contributed by atoms with Crippen molar-refractivity contribution in [3.63, 3.8) is 0 Å². The molecule has 3 rings (SSSR count). The van der Waals surface area contributed by atoms with Gasteiger partial charge in [0.2, 0.25) is 5.91 Å². The predicted octanol–water partition coefficient (Wildman–Crippen LogP) is 4.95. The Kier molecular flexibility index (Phi) is 8.20. The number of ether oxygens (including phenoxy) is 1.